The van der Waals surface area contributed by atoms with Crippen molar-refractivity contribution >= 4 is 28.2 Å². The molecule has 0 bridgehead atoms. The molecule has 0 radical (unpaired) electrons. The zero-order valence-electron chi connectivity index (χ0n) is 18.9. The third-order valence-corrected chi connectivity index (χ3v) is 7.12. The van der Waals surface area contributed by atoms with Crippen molar-refractivity contribution in [2.75, 3.05) is 20.1 Å². The van der Waals surface area contributed by atoms with Gasteiger partial charge < -0.3 is 9.32 Å². The molecule has 1 saturated heterocycles. The summed E-state index contributed by atoms with van der Waals surface area (Å²) in [6.07, 6.45) is 4.99. The van der Waals surface area contributed by atoms with Crippen LogP contribution in [0.25, 0.3) is 11.0 Å². The average Bonchev–Trinajstić information content (AvgIpc) is 3.35. The van der Waals surface area contributed by atoms with Crippen molar-refractivity contribution in [1.29, 1.82) is 0 Å². The lowest BCUT2D eigenvalue weighted by molar-refractivity contribution is -0.136. The number of piperidine rings is 1. The Morgan fingerprint density at radius 2 is 2.06 bits per heavy atom. The van der Waals surface area contributed by atoms with Gasteiger partial charge in [0.05, 0.1) is 10.7 Å². The van der Waals surface area contributed by atoms with Crippen molar-refractivity contribution in [1.82, 2.24) is 14.8 Å². The summed E-state index contributed by atoms with van der Waals surface area (Å²) in [6.45, 7) is 7.66. The summed E-state index contributed by atoms with van der Waals surface area (Å²) in [5.74, 6) is 1.41. The number of para-hydroxylation sites is 1. The topological polar surface area (TPSA) is 49.6 Å². The Kier molecular flexibility index (Phi) is 7.08. The van der Waals surface area contributed by atoms with Crippen molar-refractivity contribution in [2.45, 2.75) is 59.0 Å². The van der Waals surface area contributed by atoms with Crippen LogP contribution in [0.4, 0.5) is 0 Å². The molecule has 4 rings (SSSR count). The first-order valence-corrected chi connectivity index (χ1v) is 12.3. The first kappa shape index (κ1) is 22.0. The normalized spacial score (nSPS) is 15.6. The number of carbonyl (C=O) groups excluding carboxylic acids is 1. The van der Waals surface area contributed by atoms with Crippen molar-refractivity contribution in [2.24, 2.45) is 5.92 Å². The van der Waals surface area contributed by atoms with Gasteiger partial charge in [-0.3, -0.25) is 9.69 Å². The molecule has 0 aliphatic carbocycles. The quantitative estimate of drug-likeness (QED) is 0.471. The standard InChI is InChI=1S/C25H33N3O2S/c1-4-5-9-24-22(21-8-6-7-10-23(21)30-24)16-27(3)25(29)19-11-13-28(14-12-19)15-20-17-31-18(2)26-20/h6-8,10,17,19H,4-5,9,11-16H2,1-3H3. The van der Waals surface area contributed by atoms with Crippen LogP contribution in [0.1, 0.15) is 54.6 Å². The number of benzene rings is 1. The number of nitrogens with zero attached hydrogens (tertiary/aromatic N) is 3. The Morgan fingerprint density at radius 1 is 1.29 bits per heavy atom. The minimum atomic E-state index is 0.107. The van der Waals surface area contributed by atoms with E-state index >= 15 is 0 Å². The molecule has 31 heavy (non-hydrogen) atoms. The lowest BCUT2D eigenvalue weighted by Gasteiger charge is -2.32. The molecule has 1 aliphatic rings. The first-order valence-electron chi connectivity index (χ1n) is 11.4. The van der Waals surface area contributed by atoms with E-state index in [2.05, 4.69) is 28.3 Å². The molecular formula is C25H33N3O2S. The minimum absolute atomic E-state index is 0.107. The van der Waals surface area contributed by atoms with Crippen LogP contribution in [0, 0.1) is 12.8 Å². The van der Waals surface area contributed by atoms with Crippen LogP contribution < -0.4 is 0 Å². The SMILES string of the molecule is CCCCc1oc2ccccc2c1CN(C)C(=O)C1CCN(Cc2csc(C)n2)CC1. The predicted octanol–water partition coefficient (Wildman–Crippen LogP) is 5.41. The van der Waals surface area contributed by atoms with Crippen molar-refractivity contribution in [3.05, 3.63) is 51.7 Å². The number of hydrogen-bond acceptors (Lipinski definition) is 5. The summed E-state index contributed by atoms with van der Waals surface area (Å²) < 4.78 is 6.15. The fourth-order valence-corrected chi connectivity index (χ4v) is 5.14. The van der Waals surface area contributed by atoms with Crippen molar-refractivity contribution in [3.63, 3.8) is 0 Å². The number of likely N-dealkylation sites (tertiary alicyclic amines) is 1. The molecule has 166 valence electrons. The van der Waals surface area contributed by atoms with E-state index in [1.54, 1.807) is 11.3 Å². The minimum Gasteiger partial charge on any atom is -0.461 e. The summed E-state index contributed by atoms with van der Waals surface area (Å²) in [6, 6.07) is 8.19. The van der Waals surface area contributed by atoms with Crippen LogP contribution >= 0.6 is 11.3 Å². The van der Waals surface area contributed by atoms with E-state index in [4.69, 9.17) is 4.42 Å². The number of thiazole rings is 1. The number of hydrogen-bond donors (Lipinski definition) is 0. The van der Waals surface area contributed by atoms with Crippen LogP contribution in [-0.4, -0.2) is 40.8 Å². The summed E-state index contributed by atoms with van der Waals surface area (Å²) in [4.78, 5) is 22.1. The van der Waals surface area contributed by atoms with Crippen LogP contribution in [0.5, 0.6) is 0 Å². The van der Waals surface area contributed by atoms with Gasteiger partial charge in [-0.1, -0.05) is 31.5 Å². The monoisotopic (exact) mass is 439 g/mol. The van der Waals surface area contributed by atoms with Gasteiger partial charge in [-0.05, 0) is 45.3 Å². The number of rotatable bonds is 8. The van der Waals surface area contributed by atoms with E-state index in [9.17, 15) is 4.79 Å². The highest BCUT2D eigenvalue weighted by atomic mass is 32.1. The molecule has 0 spiro atoms. The number of carbonyl (C=O) groups is 1. The third-order valence-electron chi connectivity index (χ3n) is 6.30. The summed E-state index contributed by atoms with van der Waals surface area (Å²) in [5.41, 5.74) is 3.25. The molecule has 0 N–H and O–H groups in total. The second kappa shape index (κ2) is 9.96. The van der Waals surface area contributed by atoms with Gasteiger partial charge in [-0.2, -0.15) is 0 Å². The largest absolute Gasteiger partial charge is 0.461 e. The zero-order chi connectivity index (χ0) is 21.8. The number of unbranched alkanes of at least 4 members (excludes halogenated alkanes) is 1. The molecule has 1 aromatic carbocycles. The number of amides is 1. The van der Waals surface area contributed by atoms with Gasteiger partial charge in [0.1, 0.15) is 11.3 Å². The van der Waals surface area contributed by atoms with Gasteiger partial charge in [0.15, 0.2) is 0 Å². The molecule has 1 aliphatic heterocycles. The molecule has 0 unspecified atom stereocenters. The van der Waals surface area contributed by atoms with Gasteiger partial charge in [0.2, 0.25) is 5.91 Å². The predicted molar refractivity (Wildman–Crippen MR) is 126 cm³/mol. The Labute approximate surface area is 189 Å². The highest BCUT2D eigenvalue weighted by Gasteiger charge is 2.28. The molecule has 2 aromatic heterocycles. The van der Waals surface area contributed by atoms with Crippen molar-refractivity contribution < 1.29 is 9.21 Å². The first-order chi connectivity index (χ1) is 15.0. The number of furan rings is 1. The molecule has 1 amide bonds. The lowest BCUT2D eigenvalue weighted by atomic mass is 9.95. The van der Waals surface area contributed by atoms with E-state index in [0.29, 0.717) is 6.54 Å². The van der Waals surface area contributed by atoms with Crippen LogP contribution in [0.3, 0.4) is 0 Å². The summed E-state index contributed by atoms with van der Waals surface area (Å²) >= 11 is 1.70. The van der Waals surface area contributed by atoms with Crippen LogP contribution in [-0.2, 0) is 24.3 Å². The van der Waals surface area contributed by atoms with Crippen molar-refractivity contribution in [3.8, 4) is 0 Å². The van der Waals surface area contributed by atoms with E-state index < -0.39 is 0 Å². The molecule has 3 heterocycles. The van der Waals surface area contributed by atoms with E-state index in [1.165, 1.54) is 5.56 Å². The Balaban J connectivity index is 1.38. The zero-order valence-corrected chi connectivity index (χ0v) is 19.7. The average molecular weight is 440 g/mol. The smallest absolute Gasteiger partial charge is 0.225 e. The molecule has 3 aromatic rings. The van der Waals surface area contributed by atoms with Gasteiger partial charge >= 0.3 is 0 Å². The molecule has 1 fully saturated rings. The van der Waals surface area contributed by atoms with Crippen LogP contribution in [0.15, 0.2) is 34.1 Å². The third kappa shape index (κ3) is 5.18. The number of aromatic nitrogens is 1. The molecular weight excluding hydrogens is 406 g/mol. The fraction of sp³-hybridized carbons (Fsp3) is 0.520. The molecule has 0 atom stereocenters. The number of aryl methyl sites for hydroxylation is 2. The van der Waals surface area contributed by atoms with E-state index in [1.807, 2.05) is 37.1 Å². The Morgan fingerprint density at radius 3 is 2.77 bits per heavy atom. The van der Waals surface area contributed by atoms with Gasteiger partial charge in [-0.25, -0.2) is 4.98 Å². The summed E-state index contributed by atoms with van der Waals surface area (Å²) in [7, 11) is 1.94. The lowest BCUT2D eigenvalue weighted by Crippen LogP contribution is -2.40. The number of fused-ring (bicyclic) bond motifs is 1. The Bertz CT molecular complexity index is 1020. The molecule has 0 saturated carbocycles. The van der Waals surface area contributed by atoms with Gasteiger partial charge in [0.25, 0.3) is 0 Å². The van der Waals surface area contributed by atoms with Gasteiger partial charge in [-0.15, -0.1) is 11.3 Å². The second-order valence-corrected chi connectivity index (χ2v) is 9.77. The Hall–Kier alpha value is -2.18. The highest BCUT2D eigenvalue weighted by molar-refractivity contribution is 7.09. The molecule has 6 heteroatoms. The second-order valence-electron chi connectivity index (χ2n) is 8.71. The van der Waals surface area contributed by atoms with E-state index in [-0.39, 0.29) is 11.8 Å². The summed E-state index contributed by atoms with van der Waals surface area (Å²) in [5, 5.41) is 4.40. The maximum atomic E-state index is 13.2. The highest BCUT2D eigenvalue weighted by Crippen LogP contribution is 2.29. The maximum Gasteiger partial charge on any atom is 0.225 e. The van der Waals surface area contributed by atoms with E-state index in [0.717, 1.165) is 79.2 Å². The molecule has 5 nitrogen and oxygen atoms in total. The van der Waals surface area contributed by atoms with Crippen LogP contribution in [0.2, 0.25) is 0 Å². The fourth-order valence-electron chi connectivity index (χ4n) is 4.54. The van der Waals surface area contributed by atoms with Gasteiger partial charge in [0, 0.05) is 48.8 Å². The maximum absolute atomic E-state index is 13.2.